The third-order valence-corrected chi connectivity index (χ3v) is 3.47. The maximum atomic E-state index is 12.1. The van der Waals surface area contributed by atoms with Crippen LogP contribution in [0, 0.1) is 5.92 Å². The van der Waals surface area contributed by atoms with Crippen molar-refractivity contribution in [2.45, 2.75) is 32.2 Å². The fourth-order valence-corrected chi connectivity index (χ4v) is 2.50. The Hall–Kier alpha value is -1.43. The lowest BCUT2D eigenvalue weighted by atomic mass is 10.1. The lowest BCUT2D eigenvalue weighted by Crippen LogP contribution is -2.31. The van der Waals surface area contributed by atoms with Gasteiger partial charge in [0.15, 0.2) is 5.69 Å². The number of nitrogens with two attached hydrogens (primary N) is 1. The predicted octanol–water partition coefficient (Wildman–Crippen LogP) is 0.499. The van der Waals surface area contributed by atoms with Crippen molar-refractivity contribution in [3.8, 4) is 0 Å². The van der Waals surface area contributed by atoms with Crippen molar-refractivity contribution in [2.75, 3.05) is 20.1 Å². The number of amides is 1. The van der Waals surface area contributed by atoms with Gasteiger partial charge in [-0.25, -0.2) is 0 Å². The van der Waals surface area contributed by atoms with Crippen LogP contribution in [0.25, 0.3) is 0 Å². The molecule has 0 bridgehead atoms. The van der Waals surface area contributed by atoms with E-state index in [0.29, 0.717) is 24.7 Å². The Balaban J connectivity index is 1.91. The Kier molecular flexibility index (Phi) is 4.30. The molecule has 0 saturated heterocycles. The van der Waals surface area contributed by atoms with Crippen LogP contribution in [0.1, 0.15) is 36.2 Å². The lowest BCUT2D eigenvalue weighted by molar-refractivity contribution is 0.0767. The highest BCUT2D eigenvalue weighted by atomic mass is 16.2. The summed E-state index contributed by atoms with van der Waals surface area (Å²) < 4.78 is 1.61. The van der Waals surface area contributed by atoms with Gasteiger partial charge in [0.2, 0.25) is 0 Å². The SMILES string of the molecule is CN(CC1CCCC1)C(=O)c1cn(CCN)nn1. The molecule has 1 aromatic heterocycles. The van der Waals surface area contributed by atoms with E-state index >= 15 is 0 Å². The molecule has 1 saturated carbocycles. The highest BCUT2D eigenvalue weighted by molar-refractivity contribution is 5.91. The monoisotopic (exact) mass is 251 g/mol. The van der Waals surface area contributed by atoms with E-state index in [1.807, 2.05) is 7.05 Å². The first kappa shape index (κ1) is 13.0. The highest BCUT2D eigenvalue weighted by Gasteiger charge is 2.21. The second-order valence-corrected chi connectivity index (χ2v) is 4.99. The highest BCUT2D eigenvalue weighted by Crippen LogP contribution is 2.25. The summed E-state index contributed by atoms with van der Waals surface area (Å²) in [6.45, 7) is 1.91. The topological polar surface area (TPSA) is 77.0 Å². The van der Waals surface area contributed by atoms with Gasteiger partial charge in [-0.2, -0.15) is 0 Å². The zero-order valence-electron chi connectivity index (χ0n) is 10.9. The first-order valence-corrected chi connectivity index (χ1v) is 6.56. The number of hydrogen-bond donors (Lipinski definition) is 1. The third-order valence-electron chi connectivity index (χ3n) is 3.47. The number of aromatic nitrogens is 3. The first-order chi connectivity index (χ1) is 8.70. The van der Waals surface area contributed by atoms with Gasteiger partial charge in [0, 0.05) is 20.1 Å². The Morgan fingerprint density at radius 1 is 1.56 bits per heavy atom. The summed E-state index contributed by atoms with van der Waals surface area (Å²) in [6.07, 6.45) is 6.72. The van der Waals surface area contributed by atoms with Crippen molar-refractivity contribution in [2.24, 2.45) is 11.7 Å². The largest absolute Gasteiger partial charge is 0.340 e. The zero-order valence-corrected chi connectivity index (χ0v) is 10.9. The quantitative estimate of drug-likeness (QED) is 0.826. The minimum atomic E-state index is -0.0508. The first-order valence-electron chi connectivity index (χ1n) is 6.56. The van der Waals surface area contributed by atoms with Crippen molar-refractivity contribution in [1.29, 1.82) is 0 Å². The van der Waals surface area contributed by atoms with Crippen LogP contribution < -0.4 is 5.73 Å². The summed E-state index contributed by atoms with van der Waals surface area (Å²) in [6, 6.07) is 0. The molecule has 1 aliphatic carbocycles. The fourth-order valence-electron chi connectivity index (χ4n) is 2.50. The number of nitrogens with zero attached hydrogens (tertiary/aromatic N) is 4. The normalized spacial score (nSPS) is 16.1. The number of rotatable bonds is 5. The molecule has 0 aliphatic heterocycles. The molecule has 1 fully saturated rings. The van der Waals surface area contributed by atoms with E-state index in [0.717, 1.165) is 6.54 Å². The van der Waals surface area contributed by atoms with Gasteiger partial charge in [-0.15, -0.1) is 5.10 Å². The molecule has 1 aliphatic rings. The molecular formula is C12H21N5O. The summed E-state index contributed by atoms with van der Waals surface area (Å²) in [5.41, 5.74) is 5.84. The van der Waals surface area contributed by atoms with Crippen molar-refractivity contribution in [1.82, 2.24) is 19.9 Å². The van der Waals surface area contributed by atoms with E-state index in [1.54, 1.807) is 15.8 Å². The van der Waals surface area contributed by atoms with Crippen LogP contribution in [-0.2, 0) is 6.54 Å². The third kappa shape index (κ3) is 3.07. The molecule has 1 amide bonds. The maximum Gasteiger partial charge on any atom is 0.275 e. The van der Waals surface area contributed by atoms with E-state index in [-0.39, 0.29) is 5.91 Å². The van der Waals surface area contributed by atoms with Crippen molar-refractivity contribution >= 4 is 5.91 Å². The molecule has 0 unspecified atom stereocenters. The summed E-state index contributed by atoms with van der Waals surface area (Å²) in [4.78, 5) is 13.9. The van der Waals surface area contributed by atoms with Crippen LogP contribution >= 0.6 is 0 Å². The second kappa shape index (κ2) is 5.95. The molecule has 2 rings (SSSR count). The Labute approximate surface area is 107 Å². The van der Waals surface area contributed by atoms with Gasteiger partial charge in [-0.05, 0) is 18.8 Å². The smallest absolute Gasteiger partial charge is 0.275 e. The van der Waals surface area contributed by atoms with Gasteiger partial charge in [-0.3, -0.25) is 9.48 Å². The summed E-state index contributed by atoms with van der Waals surface area (Å²) in [7, 11) is 1.84. The molecule has 0 spiro atoms. The van der Waals surface area contributed by atoms with Crippen molar-refractivity contribution < 1.29 is 4.79 Å². The Morgan fingerprint density at radius 3 is 2.94 bits per heavy atom. The van der Waals surface area contributed by atoms with Crippen molar-refractivity contribution in [3.05, 3.63) is 11.9 Å². The minimum Gasteiger partial charge on any atom is -0.340 e. The summed E-state index contributed by atoms with van der Waals surface area (Å²) in [5.74, 6) is 0.600. The van der Waals surface area contributed by atoms with Gasteiger partial charge >= 0.3 is 0 Å². The molecule has 1 heterocycles. The van der Waals surface area contributed by atoms with Gasteiger partial charge in [0.1, 0.15) is 0 Å². The number of carbonyl (C=O) groups is 1. The van der Waals surface area contributed by atoms with Gasteiger partial charge in [0.05, 0.1) is 12.7 Å². The van der Waals surface area contributed by atoms with E-state index in [9.17, 15) is 4.79 Å². The zero-order chi connectivity index (χ0) is 13.0. The molecule has 0 radical (unpaired) electrons. The van der Waals surface area contributed by atoms with Gasteiger partial charge < -0.3 is 10.6 Å². The lowest BCUT2D eigenvalue weighted by Gasteiger charge is -2.19. The van der Waals surface area contributed by atoms with Crippen molar-refractivity contribution in [3.63, 3.8) is 0 Å². The molecular weight excluding hydrogens is 230 g/mol. The predicted molar refractivity (Wildman–Crippen MR) is 68.0 cm³/mol. The molecule has 1 aromatic rings. The Bertz CT molecular complexity index is 397. The van der Waals surface area contributed by atoms with E-state index in [2.05, 4.69) is 10.3 Å². The molecule has 0 atom stereocenters. The van der Waals surface area contributed by atoms with Crippen LogP contribution in [-0.4, -0.2) is 45.9 Å². The Morgan fingerprint density at radius 2 is 2.28 bits per heavy atom. The van der Waals surface area contributed by atoms with Crippen LogP contribution in [0.4, 0.5) is 0 Å². The maximum absolute atomic E-state index is 12.1. The molecule has 6 nitrogen and oxygen atoms in total. The van der Waals surface area contributed by atoms with Gasteiger partial charge in [0.25, 0.3) is 5.91 Å². The summed E-state index contributed by atoms with van der Waals surface area (Å²) in [5, 5.41) is 7.78. The van der Waals surface area contributed by atoms with E-state index < -0.39 is 0 Å². The number of hydrogen-bond acceptors (Lipinski definition) is 4. The van der Waals surface area contributed by atoms with Crippen LogP contribution in [0.5, 0.6) is 0 Å². The molecule has 100 valence electrons. The van der Waals surface area contributed by atoms with E-state index in [4.69, 9.17) is 5.73 Å². The average molecular weight is 251 g/mol. The van der Waals surface area contributed by atoms with Crippen LogP contribution in [0.2, 0.25) is 0 Å². The minimum absolute atomic E-state index is 0.0508. The molecule has 6 heteroatoms. The van der Waals surface area contributed by atoms with Gasteiger partial charge in [-0.1, -0.05) is 18.1 Å². The second-order valence-electron chi connectivity index (χ2n) is 4.99. The average Bonchev–Trinajstić information content (AvgIpc) is 3.00. The van der Waals surface area contributed by atoms with Crippen LogP contribution in [0.3, 0.4) is 0 Å². The molecule has 2 N–H and O–H groups in total. The molecule has 0 aromatic carbocycles. The number of carbonyl (C=O) groups excluding carboxylic acids is 1. The summed E-state index contributed by atoms with van der Waals surface area (Å²) >= 11 is 0. The standard InChI is InChI=1S/C12H21N5O/c1-16(8-10-4-2-3-5-10)12(18)11-9-17(7-6-13)15-14-11/h9-10H,2-8,13H2,1H3. The fraction of sp³-hybridized carbons (Fsp3) is 0.750. The van der Waals surface area contributed by atoms with Crippen LogP contribution in [0.15, 0.2) is 6.20 Å². The molecule has 18 heavy (non-hydrogen) atoms. The van der Waals surface area contributed by atoms with E-state index in [1.165, 1.54) is 25.7 Å².